The first-order chi connectivity index (χ1) is 7.06. The number of hydrogen-bond acceptors (Lipinski definition) is 1. The van der Waals surface area contributed by atoms with E-state index in [1.165, 1.54) is 22.4 Å². The fourth-order valence-corrected chi connectivity index (χ4v) is 1.52. The molecule has 1 heteroatoms. The van der Waals surface area contributed by atoms with Crippen molar-refractivity contribution in [3.63, 3.8) is 0 Å². The standard InChI is InChI=1S/C14H19N/c1-6-7-14(15(4)5)13-9-8-11(2)12(3)10-13/h6-10H,1H2,2-5H3/b14-7-. The monoisotopic (exact) mass is 201 g/mol. The van der Waals surface area contributed by atoms with E-state index in [2.05, 4.69) is 43.5 Å². The quantitative estimate of drug-likeness (QED) is 0.677. The highest BCUT2D eigenvalue weighted by atomic mass is 15.1. The number of benzene rings is 1. The van der Waals surface area contributed by atoms with E-state index in [4.69, 9.17) is 0 Å². The summed E-state index contributed by atoms with van der Waals surface area (Å²) in [5, 5.41) is 0. The van der Waals surface area contributed by atoms with Crippen molar-refractivity contribution in [1.82, 2.24) is 4.90 Å². The third-order valence-electron chi connectivity index (χ3n) is 2.56. The van der Waals surface area contributed by atoms with Crippen LogP contribution in [0.5, 0.6) is 0 Å². The molecule has 0 aliphatic carbocycles. The molecule has 0 unspecified atom stereocenters. The lowest BCUT2D eigenvalue weighted by atomic mass is 10.0. The van der Waals surface area contributed by atoms with Crippen LogP contribution in [0, 0.1) is 13.8 Å². The number of allylic oxidation sites excluding steroid dienone is 2. The van der Waals surface area contributed by atoms with Crippen molar-refractivity contribution >= 4 is 5.70 Å². The lowest BCUT2D eigenvalue weighted by Crippen LogP contribution is -2.09. The van der Waals surface area contributed by atoms with Crippen LogP contribution in [0.15, 0.2) is 36.9 Å². The number of rotatable bonds is 3. The van der Waals surface area contributed by atoms with Gasteiger partial charge in [-0.25, -0.2) is 0 Å². The molecule has 0 aromatic heterocycles. The Morgan fingerprint density at radius 3 is 2.33 bits per heavy atom. The smallest absolute Gasteiger partial charge is 0.0434 e. The van der Waals surface area contributed by atoms with E-state index in [1.807, 2.05) is 26.2 Å². The van der Waals surface area contributed by atoms with Gasteiger partial charge in [0.2, 0.25) is 0 Å². The van der Waals surface area contributed by atoms with Gasteiger partial charge in [0.1, 0.15) is 0 Å². The molecule has 0 aliphatic heterocycles. The van der Waals surface area contributed by atoms with Crippen LogP contribution in [0.1, 0.15) is 16.7 Å². The van der Waals surface area contributed by atoms with E-state index in [0.29, 0.717) is 0 Å². The van der Waals surface area contributed by atoms with Gasteiger partial charge in [0, 0.05) is 19.8 Å². The lowest BCUT2D eigenvalue weighted by molar-refractivity contribution is 0.592. The molecule has 0 N–H and O–H groups in total. The maximum Gasteiger partial charge on any atom is 0.0434 e. The number of aryl methyl sites for hydroxylation is 2. The Bertz CT molecular complexity index is 386. The third-order valence-corrected chi connectivity index (χ3v) is 2.56. The van der Waals surface area contributed by atoms with Crippen LogP contribution in [0.2, 0.25) is 0 Å². The SMILES string of the molecule is C=C/C=C(/c1ccc(C)c(C)c1)N(C)C. The molecule has 0 radical (unpaired) electrons. The van der Waals surface area contributed by atoms with Crippen LogP contribution in [0.25, 0.3) is 5.70 Å². The second-order valence-electron chi connectivity index (χ2n) is 3.98. The van der Waals surface area contributed by atoms with Gasteiger partial charge in [-0.2, -0.15) is 0 Å². The summed E-state index contributed by atoms with van der Waals surface area (Å²) in [4.78, 5) is 2.10. The van der Waals surface area contributed by atoms with Crippen LogP contribution in [0.4, 0.5) is 0 Å². The Morgan fingerprint density at radius 2 is 1.87 bits per heavy atom. The van der Waals surface area contributed by atoms with Crippen molar-refractivity contribution < 1.29 is 0 Å². The van der Waals surface area contributed by atoms with E-state index < -0.39 is 0 Å². The van der Waals surface area contributed by atoms with Crippen molar-refractivity contribution in [2.75, 3.05) is 14.1 Å². The molecule has 0 bridgehead atoms. The number of hydrogen-bond donors (Lipinski definition) is 0. The molecule has 1 rings (SSSR count). The zero-order chi connectivity index (χ0) is 11.4. The summed E-state index contributed by atoms with van der Waals surface area (Å²) in [6, 6.07) is 6.52. The molecular formula is C14H19N. The molecule has 80 valence electrons. The zero-order valence-corrected chi connectivity index (χ0v) is 10.0. The summed E-state index contributed by atoms with van der Waals surface area (Å²) in [5.41, 5.74) is 5.08. The van der Waals surface area contributed by atoms with Gasteiger partial charge < -0.3 is 4.90 Å². The maximum absolute atomic E-state index is 3.75. The molecule has 1 aromatic carbocycles. The summed E-state index contributed by atoms with van der Waals surface area (Å²) >= 11 is 0. The van der Waals surface area contributed by atoms with Crippen LogP contribution < -0.4 is 0 Å². The first-order valence-electron chi connectivity index (χ1n) is 5.14. The van der Waals surface area contributed by atoms with Gasteiger partial charge in [0.25, 0.3) is 0 Å². The summed E-state index contributed by atoms with van der Waals surface area (Å²) in [6.07, 6.45) is 3.86. The van der Waals surface area contributed by atoms with Crippen LogP contribution in [-0.4, -0.2) is 19.0 Å². The Hall–Kier alpha value is -1.50. The van der Waals surface area contributed by atoms with Gasteiger partial charge in [-0.05, 0) is 42.7 Å². The van der Waals surface area contributed by atoms with Crippen LogP contribution >= 0.6 is 0 Å². The first-order valence-corrected chi connectivity index (χ1v) is 5.14. The fourth-order valence-electron chi connectivity index (χ4n) is 1.52. The molecule has 0 spiro atoms. The Balaban J connectivity index is 3.18. The maximum atomic E-state index is 3.75. The zero-order valence-electron chi connectivity index (χ0n) is 10.0. The third kappa shape index (κ3) is 2.72. The lowest BCUT2D eigenvalue weighted by Gasteiger charge is -2.18. The van der Waals surface area contributed by atoms with Gasteiger partial charge in [-0.1, -0.05) is 24.8 Å². The van der Waals surface area contributed by atoms with Crippen molar-refractivity contribution in [1.29, 1.82) is 0 Å². The minimum Gasteiger partial charge on any atom is -0.377 e. The van der Waals surface area contributed by atoms with E-state index >= 15 is 0 Å². The highest BCUT2D eigenvalue weighted by molar-refractivity contribution is 5.66. The van der Waals surface area contributed by atoms with Crippen molar-refractivity contribution in [3.8, 4) is 0 Å². The largest absolute Gasteiger partial charge is 0.377 e. The molecule has 0 heterocycles. The fraction of sp³-hybridized carbons (Fsp3) is 0.286. The van der Waals surface area contributed by atoms with E-state index in [9.17, 15) is 0 Å². The molecule has 1 nitrogen and oxygen atoms in total. The van der Waals surface area contributed by atoms with Gasteiger partial charge >= 0.3 is 0 Å². The average molecular weight is 201 g/mol. The molecular weight excluding hydrogens is 182 g/mol. The second-order valence-corrected chi connectivity index (χ2v) is 3.98. The minimum atomic E-state index is 1.19. The van der Waals surface area contributed by atoms with Gasteiger partial charge in [-0.3, -0.25) is 0 Å². The molecule has 15 heavy (non-hydrogen) atoms. The molecule has 0 aliphatic rings. The Morgan fingerprint density at radius 1 is 1.20 bits per heavy atom. The van der Waals surface area contributed by atoms with Gasteiger partial charge in [0.15, 0.2) is 0 Å². The van der Waals surface area contributed by atoms with Crippen LogP contribution in [0.3, 0.4) is 0 Å². The predicted molar refractivity (Wildman–Crippen MR) is 67.8 cm³/mol. The summed E-state index contributed by atoms with van der Waals surface area (Å²) < 4.78 is 0. The molecule has 1 aromatic rings. The first kappa shape index (κ1) is 11.6. The van der Waals surface area contributed by atoms with Crippen molar-refractivity contribution in [2.45, 2.75) is 13.8 Å². The normalized spacial score (nSPS) is 11.3. The van der Waals surface area contributed by atoms with Crippen molar-refractivity contribution in [3.05, 3.63) is 53.6 Å². The second kappa shape index (κ2) is 4.83. The Kier molecular flexibility index (Phi) is 3.73. The van der Waals surface area contributed by atoms with Crippen molar-refractivity contribution in [2.24, 2.45) is 0 Å². The van der Waals surface area contributed by atoms with E-state index in [0.717, 1.165) is 0 Å². The Labute approximate surface area is 92.7 Å². The summed E-state index contributed by atoms with van der Waals surface area (Å²) in [5.74, 6) is 0. The molecule has 0 amide bonds. The highest BCUT2D eigenvalue weighted by Gasteiger charge is 2.03. The topological polar surface area (TPSA) is 3.24 Å². The highest BCUT2D eigenvalue weighted by Crippen LogP contribution is 2.19. The van der Waals surface area contributed by atoms with Crippen LogP contribution in [-0.2, 0) is 0 Å². The molecule has 0 fully saturated rings. The molecule has 0 saturated heterocycles. The average Bonchev–Trinajstić information content (AvgIpc) is 2.18. The van der Waals surface area contributed by atoms with E-state index in [-0.39, 0.29) is 0 Å². The van der Waals surface area contributed by atoms with E-state index in [1.54, 1.807) is 0 Å². The molecule has 0 saturated carbocycles. The number of nitrogens with zero attached hydrogens (tertiary/aromatic N) is 1. The van der Waals surface area contributed by atoms with Gasteiger partial charge in [0.05, 0.1) is 0 Å². The molecule has 0 atom stereocenters. The predicted octanol–water partition coefficient (Wildman–Crippen LogP) is 3.39. The summed E-state index contributed by atoms with van der Waals surface area (Å²) in [7, 11) is 4.09. The minimum absolute atomic E-state index is 1.19. The van der Waals surface area contributed by atoms with Gasteiger partial charge in [-0.15, -0.1) is 0 Å². The summed E-state index contributed by atoms with van der Waals surface area (Å²) in [6.45, 7) is 8.01.